The molecule has 2 heterocycles. The van der Waals surface area contributed by atoms with Crippen LogP contribution in [0.4, 0.5) is 4.39 Å². The maximum absolute atomic E-state index is 14.6. The normalized spacial score (nSPS) is 16.1. The molecule has 136 valence electrons. The summed E-state index contributed by atoms with van der Waals surface area (Å²) in [4.78, 5) is 24.5. The summed E-state index contributed by atoms with van der Waals surface area (Å²) in [6.07, 6.45) is 0. The fourth-order valence-corrected chi connectivity index (χ4v) is 3.02. The van der Waals surface area contributed by atoms with E-state index in [0.29, 0.717) is 0 Å². The standard InChI is InChI=1S/C17H13ClFNO6/c1-24-17(23)13-12(11-8(18)3-2-4-9(11)19)15-14(26-16(13)20)10(22)5-7(6-21)25-15/h2-5,12,21H,6,20H2,1H3/t12-/m1/s1. The zero-order valence-electron chi connectivity index (χ0n) is 13.4. The molecule has 9 heteroatoms. The van der Waals surface area contributed by atoms with Crippen LogP contribution in [0, 0.1) is 5.82 Å². The number of halogens is 2. The van der Waals surface area contributed by atoms with Crippen LogP contribution < -0.4 is 15.9 Å². The summed E-state index contributed by atoms with van der Waals surface area (Å²) in [5.74, 6) is -4.01. The molecule has 26 heavy (non-hydrogen) atoms. The Labute approximate surface area is 151 Å². The molecule has 0 amide bonds. The third-order valence-corrected chi connectivity index (χ3v) is 4.19. The lowest BCUT2D eigenvalue weighted by atomic mass is 9.86. The van der Waals surface area contributed by atoms with Crippen LogP contribution in [0.3, 0.4) is 0 Å². The first-order chi connectivity index (χ1) is 12.4. The molecule has 0 saturated heterocycles. The molecule has 1 aromatic carbocycles. The Morgan fingerprint density at radius 1 is 1.46 bits per heavy atom. The second-order valence-electron chi connectivity index (χ2n) is 5.37. The molecule has 0 spiro atoms. The first kappa shape index (κ1) is 18.0. The van der Waals surface area contributed by atoms with Crippen LogP contribution in [-0.4, -0.2) is 18.2 Å². The van der Waals surface area contributed by atoms with E-state index in [0.717, 1.165) is 19.2 Å². The lowest BCUT2D eigenvalue weighted by Gasteiger charge is -2.27. The molecule has 0 fully saturated rings. The summed E-state index contributed by atoms with van der Waals surface area (Å²) in [5, 5.41) is 9.28. The lowest BCUT2D eigenvalue weighted by molar-refractivity contribution is -0.136. The van der Waals surface area contributed by atoms with Crippen molar-refractivity contribution in [3.8, 4) is 5.75 Å². The number of benzene rings is 1. The van der Waals surface area contributed by atoms with Gasteiger partial charge in [0.1, 0.15) is 23.8 Å². The second kappa shape index (κ2) is 6.81. The minimum Gasteiger partial charge on any atom is -0.465 e. The van der Waals surface area contributed by atoms with Crippen molar-refractivity contribution in [3.63, 3.8) is 0 Å². The number of fused-ring (bicyclic) bond motifs is 1. The van der Waals surface area contributed by atoms with Crippen molar-refractivity contribution in [1.82, 2.24) is 0 Å². The Morgan fingerprint density at radius 3 is 2.81 bits per heavy atom. The zero-order valence-corrected chi connectivity index (χ0v) is 14.2. The number of esters is 1. The Morgan fingerprint density at radius 2 is 2.19 bits per heavy atom. The highest BCUT2D eigenvalue weighted by molar-refractivity contribution is 6.31. The minimum absolute atomic E-state index is 0.0193. The van der Waals surface area contributed by atoms with Gasteiger partial charge in [0.15, 0.2) is 5.76 Å². The highest BCUT2D eigenvalue weighted by Gasteiger charge is 2.41. The Bertz CT molecular complexity index is 963. The van der Waals surface area contributed by atoms with Crippen molar-refractivity contribution in [3.05, 3.63) is 73.9 Å². The van der Waals surface area contributed by atoms with Gasteiger partial charge >= 0.3 is 5.97 Å². The number of rotatable bonds is 3. The summed E-state index contributed by atoms with van der Waals surface area (Å²) >= 11 is 6.14. The first-order valence-electron chi connectivity index (χ1n) is 7.36. The summed E-state index contributed by atoms with van der Waals surface area (Å²) in [7, 11) is 1.11. The van der Waals surface area contributed by atoms with E-state index in [1.165, 1.54) is 12.1 Å². The molecule has 0 bridgehead atoms. The summed E-state index contributed by atoms with van der Waals surface area (Å²) in [5.41, 5.74) is 4.73. The predicted molar refractivity (Wildman–Crippen MR) is 88.0 cm³/mol. The highest BCUT2D eigenvalue weighted by Crippen LogP contribution is 2.44. The van der Waals surface area contributed by atoms with E-state index in [1.807, 2.05) is 0 Å². The van der Waals surface area contributed by atoms with Crippen molar-refractivity contribution < 1.29 is 28.2 Å². The van der Waals surface area contributed by atoms with Crippen molar-refractivity contribution >= 4 is 17.6 Å². The van der Waals surface area contributed by atoms with E-state index in [9.17, 15) is 19.1 Å². The molecular weight excluding hydrogens is 369 g/mol. The van der Waals surface area contributed by atoms with Gasteiger partial charge in [0, 0.05) is 16.7 Å². The van der Waals surface area contributed by atoms with E-state index in [1.54, 1.807) is 0 Å². The summed E-state index contributed by atoms with van der Waals surface area (Å²) < 4.78 is 30.0. The van der Waals surface area contributed by atoms with Gasteiger partial charge in [0.05, 0.1) is 13.0 Å². The van der Waals surface area contributed by atoms with E-state index in [4.69, 9.17) is 31.2 Å². The Hall–Kier alpha value is -2.84. The largest absolute Gasteiger partial charge is 0.465 e. The molecule has 3 N–H and O–H groups in total. The number of carbonyl (C=O) groups is 1. The van der Waals surface area contributed by atoms with Crippen LogP contribution in [0.2, 0.25) is 5.02 Å². The SMILES string of the molecule is COC(=O)C1=C(N)Oc2c(oc(CO)cc2=O)[C@@H]1c1c(F)cccc1Cl. The van der Waals surface area contributed by atoms with E-state index < -0.39 is 35.6 Å². The molecule has 2 aromatic rings. The highest BCUT2D eigenvalue weighted by atomic mass is 35.5. The number of aliphatic hydroxyl groups excluding tert-OH is 1. The monoisotopic (exact) mass is 381 g/mol. The van der Waals surface area contributed by atoms with Crippen LogP contribution in [-0.2, 0) is 16.1 Å². The average molecular weight is 382 g/mol. The number of hydrogen-bond acceptors (Lipinski definition) is 7. The van der Waals surface area contributed by atoms with Crippen LogP contribution in [0.1, 0.15) is 23.0 Å². The van der Waals surface area contributed by atoms with Crippen molar-refractivity contribution in [1.29, 1.82) is 0 Å². The van der Waals surface area contributed by atoms with Gasteiger partial charge in [-0.1, -0.05) is 17.7 Å². The molecule has 1 atom stereocenters. The van der Waals surface area contributed by atoms with Gasteiger partial charge in [-0.2, -0.15) is 0 Å². The molecule has 0 unspecified atom stereocenters. The number of hydrogen-bond donors (Lipinski definition) is 2. The molecule has 0 aliphatic carbocycles. The van der Waals surface area contributed by atoms with Gasteiger partial charge in [0.2, 0.25) is 17.1 Å². The predicted octanol–water partition coefficient (Wildman–Crippen LogP) is 1.79. The number of ether oxygens (including phenoxy) is 2. The fraction of sp³-hybridized carbons (Fsp3) is 0.176. The Balaban J connectivity index is 2.39. The smallest absolute Gasteiger partial charge is 0.340 e. The van der Waals surface area contributed by atoms with Gasteiger partial charge in [-0.15, -0.1) is 0 Å². The number of carbonyl (C=O) groups excluding carboxylic acids is 1. The van der Waals surface area contributed by atoms with Crippen molar-refractivity contribution in [2.45, 2.75) is 12.5 Å². The maximum atomic E-state index is 14.6. The molecule has 1 aliphatic heterocycles. The van der Waals surface area contributed by atoms with Gasteiger partial charge in [-0.3, -0.25) is 4.79 Å². The minimum atomic E-state index is -1.29. The van der Waals surface area contributed by atoms with E-state index >= 15 is 0 Å². The molecule has 1 aliphatic rings. The van der Waals surface area contributed by atoms with Crippen LogP contribution in [0.15, 0.2) is 44.9 Å². The summed E-state index contributed by atoms with van der Waals surface area (Å²) in [6.45, 7) is -0.590. The van der Waals surface area contributed by atoms with Gasteiger partial charge < -0.3 is 24.7 Å². The quantitative estimate of drug-likeness (QED) is 0.779. The molecule has 7 nitrogen and oxygen atoms in total. The zero-order chi connectivity index (χ0) is 19.0. The second-order valence-corrected chi connectivity index (χ2v) is 5.78. The van der Waals surface area contributed by atoms with Crippen LogP contribution >= 0.6 is 11.6 Å². The number of aliphatic hydroxyl groups is 1. The third-order valence-electron chi connectivity index (χ3n) is 3.86. The van der Waals surface area contributed by atoms with Gasteiger partial charge in [-0.05, 0) is 12.1 Å². The van der Waals surface area contributed by atoms with Crippen molar-refractivity contribution in [2.24, 2.45) is 5.73 Å². The lowest BCUT2D eigenvalue weighted by Crippen LogP contribution is -2.30. The van der Waals surface area contributed by atoms with Crippen LogP contribution in [0.25, 0.3) is 0 Å². The Kier molecular flexibility index (Phi) is 4.71. The van der Waals surface area contributed by atoms with Gasteiger partial charge in [-0.25, -0.2) is 9.18 Å². The maximum Gasteiger partial charge on any atom is 0.340 e. The van der Waals surface area contributed by atoms with Crippen molar-refractivity contribution in [2.75, 3.05) is 7.11 Å². The molecule has 0 radical (unpaired) electrons. The third kappa shape index (κ3) is 2.83. The average Bonchev–Trinajstić information content (AvgIpc) is 2.61. The van der Waals surface area contributed by atoms with Gasteiger partial charge in [0.25, 0.3) is 0 Å². The van der Waals surface area contributed by atoms with E-state index in [-0.39, 0.29) is 33.4 Å². The molecule has 3 rings (SSSR count). The molecule has 1 aromatic heterocycles. The van der Waals surface area contributed by atoms with Crippen LogP contribution in [0.5, 0.6) is 5.75 Å². The summed E-state index contributed by atoms with van der Waals surface area (Å²) in [6, 6.07) is 4.94. The number of methoxy groups -OCH3 is 1. The molecule has 0 saturated carbocycles. The molecular formula is C17H13ClFNO6. The number of nitrogens with two attached hydrogens (primary N) is 1. The fourth-order valence-electron chi connectivity index (χ4n) is 2.75. The van der Waals surface area contributed by atoms with E-state index in [2.05, 4.69) is 0 Å². The topological polar surface area (TPSA) is 112 Å². The first-order valence-corrected chi connectivity index (χ1v) is 7.74.